The topological polar surface area (TPSA) is 109 Å². The Bertz CT molecular complexity index is 1330. The lowest BCUT2D eigenvalue weighted by Gasteiger charge is -2.41. The van der Waals surface area contributed by atoms with Crippen LogP contribution >= 0.6 is 0 Å². The first-order chi connectivity index (χ1) is 16.7. The smallest absolute Gasteiger partial charge is 0.336 e. The van der Waals surface area contributed by atoms with Gasteiger partial charge in [-0.25, -0.2) is 14.3 Å². The largest absolute Gasteiger partial charge is 0.479 e. The van der Waals surface area contributed by atoms with Gasteiger partial charge >= 0.3 is 5.97 Å². The molecule has 0 radical (unpaired) electrons. The van der Waals surface area contributed by atoms with Crippen molar-refractivity contribution in [3.63, 3.8) is 0 Å². The number of anilines is 1. The van der Waals surface area contributed by atoms with Gasteiger partial charge in [0, 0.05) is 30.5 Å². The molecule has 1 aromatic carbocycles. The van der Waals surface area contributed by atoms with E-state index in [1.165, 1.54) is 5.56 Å². The lowest BCUT2D eigenvalue weighted by Crippen LogP contribution is -2.54. The Morgan fingerprint density at radius 3 is 2.71 bits per heavy atom. The molecule has 9 nitrogen and oxygen atoms in total. The highest BCUT2D eigenvalue weighted by Gasteiger charge is 2.66. The fourth-order valence-electron chi connectivity index (χ4n) is 6.05. The monoisotopic (exact) mass is 475 g/mol. The fraction of sp³-hybridized carbons (Fsp3) is 0.462. The van der Waals surface area contributed by atoms with E-state index in [4.69, 9.17) is 4.74 Å². The Labute approximate surface area is 203 Å². The third kappa shape index (κ3) is 3.48. The summed E-state index contributed by atoms with van der Waals surface area (Å²) >= 11 is 0. The molecule has 3 saturated heterocycles. The van der Waals surface area contributed by atoms with E-state index in [0.29, 0.717) is 31.6 Å². The molecule has 35 heavy (non-hydrogen) atoms. The van der Waals surface area contributed by atoms with Crippen LogP contribution in [-0.2, 0) is 14.9 Å². The van der Waals surface area contributed by atoms with Gasteiger partial charge in [0.05, 0.1) is 18.5 Å². The summed E-state index contributed by atoms with van der Waals surface area (Å²) in [6.07, 6.45) is 3.86. The number of fused-ring (bicyclic) bond motifs is 2. The van der Waals surface area contributed by atoms with Gasteiger partial charge in [-0.15, -0.1) is 5.10 Å². The van der Waals surface area contributed by atoms with E-state index < -0.39 is 11.6 Å². The number of carboxylic acid groups (broad SMARTS) is 1. The number of benzene rings is 1. The van der Waals surface area contributed by atoms with Crippen molar-refractivity contribution in [1.29, 1.82) is 0 Å². The van der Waals surface area contributed by atoms with Crippen molar-refractivity contribution in [3.05, 3.63) is 59.5 Å². The minimum absolute atomic E-state index is 0.0840. The average molecular weight is 476 g/mol. The van der Waals surface area contributed by atoms with Crippen molar-refractivity contribution in [2.45, 2.75) is 44.1 Å². The normalized spacial score (nSPS) is 29.4. The van der Waals surface area contributed by atoms with E-state index in [-0.39, 0.29) is 22.6 Å². The third-order valence-corrected chi connectivity index (χ3v) is 8.10. The average Bonchev–Trinajstić information content (AvgIpc) is 3.59. The predicted octanol–water partition coefficient (Wildman–Crippen LogP) is 2.57. The predicted molar refractivity (Wildman–Crippen MR) is 129 cm³/mol. The van der Waals surface area contributed by atoms with E-state index in [1.54, 1.807) is 4.52 Å². The molecule has 182 valence electrons. The number of carbonyl (C=O) groups excluding carboxylic acids is 1. The number of pyridine rings is 1. The van der Waals surface area contributed by atoms with Crippen molar-refractivity contribution < 1.29 is 19.4 Å². The molecule has 0 spiro atoms. The lowest BCUT2D eigenvalue weighted by atomic mass is 9.62. The van der Waals surface area contributed by atoms with Crippen molar-refractivity contribution in [1.82, 2.24) is 19.9 Å². The number of hydrogen-bond acceptors (Lipinski definition) is 6. The number of hydrogen-bond donors (Lipinski definition) is 2. The molecule has 1 atom stereocenters. The number of nitrogens with one attached hydrogen (secondary N) is 1. The Kier molecular flexibility index (Phi) is 4.73. The maximum atomic E-state index is 12.8. The standard InChI is InChI=1S/C26H29N5O4/c1-17-10-19(30-9-8-24(2,15-30)18-6-4-3-5-7-18)11-31-21(17)28-20(29-31)22(32)27-14-25-12-26(13-25,23(33)34)35-16-25/h3-7,10-11H,8-9,12-16H2,1-2H3,(H,27,32)(H,33,34)/t24-,25?,26?/m0/s1. The molecule has 7 rings (SSSR count). The van der Waals surface area contributed by atoms with Crippen LogP contribution in [0.25, 0.3) is 5.65 Å². The van der Waals surface area contributed by atoms with Crippen molar-refractivity contribution in [2.24, 2.45) is 5.41 Å². The molecular weight excluding hydrogens is 446 g/mol. The molecule has 2 N–H and O–H groups in total. The van der Waals surface area contributed by atoms with Gasteiger partial charge in [-0.2, -0.15) is 0 Å². The van der Waals surface area contributed by atoms with Crippen LogP contribution in [-0.4, -0.2) is 63.4 Å². The molecule has 3 aliphatic heterocycles. The summed E-state index contributed by atoms with van der Waals surface area (Å²) in [6, 6.07) is 12.7. The van der Waals surface area contributed by atoms with Crippen LogP contribution in [0.4, 0.5) is 5.69 Å². The molecule has 4 fully saturated rings. The van der Waals surface area contributed by atoms with Crippen LogP contribution in [0, 0.1) is 12.3 Å². The molecule has 2 aromatic heterocycles. The van der Waals surface area contributed by atoms with E-state index in [0.717, 1.165) is 30.8 Å². The molecule has 1 amide bonds. The molecule has 0 unspecified atom stereocenters. The quantitative estimate of drug-likeness (QED) is 0.564. The Hall–Kier alpha value is -3.46. The van der Waals surface area contributed by atoms with Crippen LogP contribution in [0.5, 0.6) is 0 Å². The number of aromatic nitrogens is 3. The zero-order valence-electron chi connectivity index (χ0n) is 20.0. The molecule has 5 heterocycles. The Balaban J connectivity index is 1.17. The second-order valence-corrected chi connectivity index (χ2v) is 10.8. The zero-order valence-corrected chi connectivity index (χ0v) is 20.0. The first-order valence-corrected chi connectivity index (χ1v) is 12.0. The van der Waals surface area contributed by atoms with Gasteiger partial charge < -0.3 is 20.1 Å². The van der Waals surface area contributed by atoms with Gasteiger partial charge in [0.2, 0.25) is 5.82 Å². The fourth-order valence-corrected chi connectivity index (χ4v) is 6.05. The van der Waals surface area contributed by atoms with Crippen molar-refractivity contribution >= 4 is 23.2 Å². The summed E-state index contributed by atoms with van der Waals surface area (Å²) in [5.74, 6) is -1.17. The van der Waals surface area contributed by atoms with Gasteiger partial charge in [-0.05, 0) is 43.4 Å². The summed E-state index contributed by atoms with van der Waals surface area (Å²) < 4.78 is 7.18. The molecular formula is C26H29N5O4. The van der Waals surface area contributed by atoms with Gasteiger partial charge in [0.1, 0.15) is 0 Å². The van der Waals surface area contributed by atoms with Crippen LogP contribution in [0.2, 0.25) is 0 Å². The number of aryl methyl sites for hydroxylation is 1. The van der Waals surface area contributed by atoms with Crippen molar-refractivity contribution in [2.75, 3.05) is 31.1 Å². The minimum Gasteiger partial charge on any atom is -0.479 e. The van der Waals surface area contributed by atoms with Crippen LogP contribution in [0.3, 0.4) is 0 Å². The summed E-state index contributed by atoms with van der Waals surface area (Å²) in [6.45, 7) is 6.84. The van der Waals surface area contributed by atoms with E-state index in [2.05, 4.69) is 57.6 Å². The highest BCUT2D eigenvalue weighted by molar-refractivity contribution is 5.91. The van der Waals surface area contributed by atoms with Gasteiger partial charge in [0.25, 0.3) is 5.91 Å². The highest BCUT2D eigenvalue weighted by atomic mass is 16.5. The van der Waals surface area contributed by atoms with E-state index in [1.807, 2.05) is 19.2 Å². The summed E-state index contributed by atoms with van der Waals surface area (Å²) in [4.78, 5) is 31.0. The second-order valence-electron chi connectivity index (χ2n) is 10.8. The number of carbonyl (C=O) groups is 2. The maximum absolute atomic E-state index is 12.8. The summed E-state index contributed by atoms with van der Waals surface area (Å²) in [7, 11) is 0. The van der Waals surface area contributed by atoms with Gasteiger partial charge in [-0.1, -0.05) is 37.3 Å². The van der Waals surface area contributed by atoms with E-state index >= 15 is 0 Å². The summed E-state index contributed by atoms with van der Waals surface area (Å²) in [5, 5.41) is 16.7. The van der Waals surface area contributed by atoms with E-state index in [9.17, 15) is 14.7 Å². The Morgan fingerprint density at radius 1 is 1.23 bits per heavy atom. The SMILES string of the molecule is Cc1cc(N2CC[C@](C)(c3ccccc3)C2)cn2nc(C(=O)NCC34COC(C(=O)O)(C3)C4)nc12. The molecule has 1 aliphatic carbocycles. The minimum atomic E-state index is -1.06. The van der Waals surface area contributed by atoms with Crippen LogP contribution in [0.1, 0.15) is 47.9 Å². The number of carboxylic acids is 1. The van der Waals surface area contributed by atoms with Gasteiger partial charge in [0.15, 0.2) is 11.2 Å². The maximum Gasteiger partial charge on any atom is 0.336 e. The van der Waals surface area contributed by atoms with Crippen molar-refractivity contribution in [3.8, 4) is 0 Å². The zero-order chi connectivity index (χ0) is 24.4. The Morgan fingerprint density at radius 2 is 2.00 bits per heavy atom. The molecule has 1 saturated carbocycles. The molecule has 9 heteroatoms. The lowest BCUT2D eigenvalue weighted by molar-refractivity contribution is -0.164. The number of rotatable bonds is 6. The summed E-state index contributed by atoms with van der Waals surface area (Å²) in [5.41, 5.74) is 2.73. The van der Waals surface area contributed by atoms with Crippen LogP contribution in [0.15, 0.2) is 42.6 Å². The number of nitrogens with zero attached hydrogens (tertiary/aromatic N) is 4. The third-order valence-electron chi connectivity index (χ3n) is 8.10. The van der Waals surface area contributed by atoms with Gasteiger partial charge in [-0.3, -0.25) is 4.79 Å². The second kappa shape index (κ2) is 7.52. The molecule has 3 aromatic rings. The first kappa shape index (κ1) is 22.0. The number of amides is 1. The number of ether oxygens (including phenoxy) is 1. The highest BCUT2D eigenvalue weighted by Crippen LogP contribution is 2.57. The number of aliphatic carboxylic acids is 1. The van der Waals surface area contributed by atoms with Crippen LogP contribution < -0.4 is 10.2 Å². The molecule has 2 bridgehead atoms. The first-order valence-electron chi connectivity index (χ1n) is 12.0. The molecule has 4 aliphatic rings.